The Morgan fingerprint density at radius 2 is 2.00 bits per heavy atom. The summed E-state index contributed by atoms with van der Waals surface area (Å²) >= 11 is 0. The van der Waals surface area contributed by atoms with E-state index in [0.29, 0.717) is 19.7 Å². The molecule has 3 rings (SSSR count). The normalized spacial score (nSPS) is 26.2. The highest BCUT2D eigenvalue weighted by Crippen LogP contribution is 2.38. The van der Waals surface area contributed by atoms with Crippen LogP contribution in [-0.4, -0.2) is 77.9 Å². The van der Waals surface area contributed by atoms with Gasteiger partial charge in [0.25, 0.3) is 0 Å². The van der Waals surface area contributed by atoms with E-state index in [1.54, 1.807) is 19.1 Å². The predicted molar refractivity (Wildman–Crippen MR) is 112 cm³/mol. The highest BCUT2D eigenvalue weighted by atomic mass is 16.7. The van der Waals surface area contributed by atoms with Crippen LogP contribution in [-0.2, 0) is 16.0 Å². The molecule has 0 bridgehead atoms. The summed E-state index contributed by atoms with van der Waals surface area (Å²) in [5.74, 6) is 0.795. The molecule has 8 nitrogen and oxygen atoms in total. The average Bonchev–Trinajstić information content (AvgIpc) is 2.97. The van der Waals surface area contributed by atoms with E-state index in [-0.39, 0.29) is 18.2 Å². The summed E-state index contributed by atoms with van der Waals surface area (Å²) in [7, 11) is 3.26. The quantitative estimate of drug-likeness (QED) is 0.754. The summed E-state index contributed by atoms with van der Waals surface area (Å²) in [5.41, 5.74) is 0.491. The monoisotopic (exact) mass is 422 g/mol. The molecule has 2 heterocycles. The number of benzene rings is 1. The van der Waals surface area contributed by atoms with Gasteiger partial charge in [-0.2, -0.15) is 0 Å². The third-order valence-corrected chi connectivity index (χ3v) is 5.78. The second-order valence-corrected chi connectivity index (χ2v) is 9.36. The first-order valence-electron chi connectivity index (χ1n) is 10.3. The van der Waals surface area contributed by atoms with Crippen molar-refractivity contribution in [1.82, 2.24) is 9.80 Å². The lowest BCUT2D eigenvalue weighted by Crippen LogP contribution is -2.73. The number of carboxylic acid groups (broad SMARTS) is 1. The lowest BCUT2D eigenvalue weighted by Gasteiger charge is -2.56. The zero-order valence-corrected chi connectivity index (χ0v) is 19.0. The van der Waals surface area contributed by atoms with Crippen LogP contribution in [0.5, 0.6) is 11.5 Å². The average molecular weight is 423 g/mol. The molecule has 30 heavy (non-hydrogen) atoms. The number of nitrogens with zero attached hydrogens (tertiary/aromatic N) is 2. The van der Waals surface area contributed by atoms with Gasteiger partial charge < -0.3 is 24.1 Å². The van der Waals surface area contributed by atoms with Crippen LogP contribution in [0.1, 0.15) is 40.2 Å². The van der Waals surface area contributed by atoms with Crippen LogP contribution in [0.3, 0.4) is 0 Å². The van der Waals surface area contributed by atoms with Crippen molar-refractivity contribution in [3.8, 4) is 11.5 Å². The molecule has 0 unspecified atom stereocenters. The Balaban J connectivity index is 1.87. The summed E-state index contributed by atoms with van der Waals surface area (Å²) in [6.07, 6.45) is -1.13. The fourth-order valence-corrected chi connectivity index (χ4v) is 4.47. The van der Waals surface area contributed by atoms with Crippen LogP contribution in [0.25, 0.3) is 0 Å². The zero-order chi connectivity index (χ0) is 22.3. The smallest absolute Gasteiger partial charge is 0.408 e. The van der Waals surface area contributed by atoms with Crippen LogP contribution < -0.4 is 9.47 Å². The molecule has 3 atom stereocenters. The number of hydrogen-bond donors (Lipinski definition) is 1. The fraction of sp³-hybridized carbons (Fsp3) is 0.682. The number of rotatable bonds is 6. The van der Waals surface area contributed by atoms with Gasteiger partial charge in [0.2, 0.25) is 0 Å². The standard InChI is InChI=1S/C22H34N2O6/c1-21(2,3)24(20(25)26)16-12-23(19(16)18-13-29-22(4,5)30-18)11-14-8-9-15(27-6)10-17(14)28-7/h8-10,16,18-19H,11-13H2,1-7H3,(H,25,26)/t16-,18-,19-/m0/s1. The lowest BCUT2D eigenvalue weighted by molar-refractivity contribution is -0.167. The van der Waals surface area contributed by atoms with Crippen LogP contribution in [0.4, 0.5) is 4.79 Å². The minimum atomic E-state index is -0.919. The van der Waals surface area contributed by atoms with Crippen LogP contribution in [0.2, 0.25) is 0 Å². The van der Waals surface area contributed by atoms with Gasteiger partial charge in [0.15, 0.2) is 5.79 Å². The summed E-state index contributed by atoms with van der Waals surface area (Å²) in [4.78, 5) is 15.9. The van der Waals surface area contributed by atoms with E-state index in [4.69, 9.17) is 18.9 Å². The second kappa shape index (κ2) is 8.24. The number of likely N-dealkylation sites (tertiary alicyclic amines) is 1. The van der Waals surface area contributed by atoms with Crippen molar-refractivity contribution in [3.63, 3.8) is 0 Å². The van der Waals surface area contributed by atoms with Gasteiger partial charge in [0, 0.05) is 30.3 Å². The molecule has 0 radical (unpaired) electrons. The Kier molecular flexibility index (Phi) is 6.23. The summed E-state index contributed by atoms with van der Waals surface area (Å²) in [6.45, 7) is 11.2. The molecule has 1 aromatic rings. The molecule has 1 N–H and O–H groups in total. The first kappa shape index (κ1) is 22.7. The van der Waals surface area contributed by atoms with Gasteiger partial charge in [-0.15, -0.1) is 0 Å². The Morgan fingerprint density at radius 3 is 2.50 bits per heavy atom. The van der Waals surface area contributed by atoms with Gasteiger partial charge in [-0.05, 0) is 40.7 Å². The summed E-state index contributed by atoms with van der Waals surface area (Å²) in [6, 6.07) is 5.44. The van der Waals surface area contributed by atoms with Gasteiger partial charge in [0.05, 0.1) is 32.9 Å². The third kappa shape index (κ3) is 4.50. The van der Waals surface area contributed by atoms with E-state index in [9.17, 15) is 9.90 Å². The first-order valence-corrected chi connectivity index (χ1v) is 10.3. The Morgan fingerprint density at radius 1 is 1.30 bits per heavy atom. The molecular weight excluding hydrogens is 388 g/mol. The minimum absolute atomic E-state index is 0.117. The number of hydrogen-bond acceptors (Lipinski definition) is 6. The van der Waals surface area contributed by atoms with E-state index in [1.807, 2.05) is 52.8 Å². The van der Waals surface area contributed by atoms with Crippen LogP contribution in [0.15, 0.2) is 18.2 Å². The second-order valence-electron chi connectivity index (χ2n) is 9.36. The molecule has 0 aromatic heterocycles. The molecular formula is C22H34N2O6. The van der Waals surface area contributed by atoms with E-state index < -0.39 is 17.4 Å². The summed E-state index contributed by atoms with van der Waals surface area (Å²) in [5, 5.41) is 9.92. The van der Waals surface area contributed by atoms with E-state index in [1.165, 1.54) is 0 Å². The van der Waals surface area contributed by atoms with Crippen molar-refractivity contribution in [2.24, 2.45) is 0 Å². The van der Waals surface area contributed by atoms with Gasteiger partial charge in [-0.1, -0.05) is 6.07 Å². The van der Waals surface area contributed by atoms with E-state index in [0.717, 1.165) is 17.1 Å². The molecule has 0 aliphatic carbocycles. The molecule has 0 saturated carbocycles. The minimum Gasteiger partial charge on any atom is -0.497 e. The molecule has 2 aliphatic heterocycles. The van der Waals surface area contributed by atoms with Crippen LogP contribution >= 0.6 is 0 Å². The van der Waals surface area contributed by atoms with Gasteiger partial charge in [0.1, 0.15) is 17.6 Å². The van der Waals surface area contributed by atoms with Crippen molar-refractivity contribution < 1.29 is 28.8 Å². The maximum absolute atomic E-state index is 12.1. The van der Waals surface area contributed by atoms with Crippen LogP contribution in [0, 0.1) is 0 Å². The van der Waals surface area contributed by atoms with Crippen molar-refractivity contribution in [1.29, 1.82) is 0 Å². The highest BCUT2D eigenvalue weighted by Gasteiger charge is 2.54. The van der Waals surface area contributed by atoms with Crippen molar-refractivity contribution in [2.75, 3.05) is 27.4 Å². The Bertz CT molecular complexity index is 775. The number of carbonyl (C=O) groups is 1. The largest absolute Gasteiger partial charge is 0.497 e. The molecule has 2 saturated heterocycles. The van der Waals surface area contributed by atoms with Gasteiger partial charge >= 0.3 is 6.09 Å². The van der Waals surface area contributed by atoms with Crippen molar-refractivity contribution >= 4 is 6.09 Å². The highest BCUT2D eigenvalue weighted by molar-refractivity contribution is 5.67. The Hall–Kier alpha value is -2.03. The van der Waals surface area contributed by atoms with Crippen molar-refractivity contribution in [2.45, 2.75) is 70.7 Å². The maximum atomic E-state index is 12.1. The fourth-order valence-electron chi connectivity index (χ4n) is 4.47. The van der Waals surface area contributed by atoms with E-state index in [2.05, 4.69) is 4.90 Å². The topological polar surface area (TPSA) is 80.7 Å². The van der Waals surface area contributed by atoms with E-state index >= 15 is 0 Å². The number of methoxy groups -OCH3 is 2. The molecule has 8 heteroatoms. The Labute approximate surface area is 178 Å². The SMILES string of the molecule is COc1ccc(CN2C[C@H](N(C(=O)O)C(C)(C)C)[C@H]2[C@@H]2COC(C)(C)O2)c(OC)c1. The molecule has 0 spiro atoms. The first-order chi connectivity index (χ1) is 14.0. The van der Waals surface area contributed by atoms with Gasteiger partial charge in [-0.25, -0.2) is 4.79 Å². The molecule has 1 aromatic carbocycles. The molecule has 2 aliphatic rings. The number of amides is 1. The molecule has 2 fully saturated rings. The zero-order valence-electron chi connectivity index (χ0n) is 19.0. The third-order valence-electron chi connectivity index (χ3n) is 5.78. The molecule has 168 valence electrons. The summed E-state index contributed by atoms with van der Waals surface area (Å²) < 4.78 is 22.8. The maximum Gasteiger partial charge on any atom is 0.408 e. The van der Waals surface area contributed by atoms with Crippen molar-refractivity contribution in [3.05, 3.63) is 23.8 Å². The lowest BCUT2D eigenvalue weighted by atomic mass is 9.86. The van der Waals surface area contributed by atoms with Gasteiger partial charge in [-0.3, -0.25) is 9.80 Å². The predicted octanol–water partition coefficient (Wildman–Crippen LogP) is 3.19. The molecule has 1 amide bonds. The number of ether oxygens (including phenoxy) is 4.